The molecule has 7 rings (SSSR count). The van der Waals surface area contributed by atoms with Gasteiger partial charge >= 0.3 is 0 Å². The van der Waals surface area contributed by atoms with Gasteiger partial charge in [0.2, 0.25) is 0 Å². The summed E-state index contributed by atoms with van der Waals surface area (Å²) >= 11 is 0. The highest BCUT2D eigenvalue weighted by Crippen LogP contribution is 2.34. The van der Waals surface area contributed by atoms with Gasteiger partial charge in [0.25, 0.3) is 0 Å². The predicted molar refractivity (Wildman–Crippen MR) is 134 cm³/mol. The molecule has 164 valence electrons. The van der Waals surface area contributed by atoms with E-state index < -0.39 is 0 Å². The van der Waals surface area contributed by atoms with E-state index in [1.54, 1.807) is 6.20 Å². The van der Waals surface area contributed by atoms with Crippen LogP contribution in [0.3, 0.4) is 0 Å². The molecule has 0 N–H and O–H groups in total. The minimum Gasteiger partial charge on any atom is -0.195 e. The molecule has 3 aromatic carbocycles. The molecule has 0 radical (unpaired) electrons. The SMILES string of the molecule is N#Cc1ccccc1-c1cnn2c3c(-c4ccccc4)cnn3c3c(-c4ccccc4)cnn3c12. The van der Waals surface area contributed by atoms with E-state index in [2.05, 4.69) is 30.3 Å². The van der Waals surface area contributed by atoms with Crippen LogP contribution in [-0.4, -0.2) is 28.8 Å². The monoisotopic (exact) mass is 451 g/mol. The van der Waals surface area contributed by atoms with Gasteiger partial charge < -0.3 is 0 Å². The lowest BCUT2D eigenvalue weighted by Gasteiger charge is -2.09. The number of nitrogens with zero attached hydrogens (tertiary/aromatic N) is 7. The highest BCUT2D eigenvalue weighted by atomic mass is 15.4. The molecule has 4 heterocycles. The third-order valence-corrected chi connectivity index (χ3v) is 6.34. The molecular formula is C28H17N7. The second-order valence-electron chi connectivity index (χ2n) is 8.27. The number of hydrogen-bond donors (Lipinski definition) is 0. The fourth-order valence-electron chi connectivity index (χ4n) is 4.75. The molecule has 0 saturated heterocycles. The van der Waals surface area contributed by atoms with Crippen molar-refractivity contribution in [1.29, 1.82) is 5.26 Å². The van der Waals surface area contributed by atoms with Gasteiger partial charge in [0.05, 0.1) is 30.2 Å². The summed E-state index contributed by atoms with van der Waals surface area (Å²) in [6, 6.07) is 30.2. The molecule has 0 saturated carbocycles. The zero-order valence-electron chi connectivity index (χ0n) is 18.4. The van der Waals surface area contributed by atoms with Crippen LogP contribution in [-0.2, 0) is 0 Å². The maximum Gasteiger partial charge on any atom is 0.169 e. The molecule has 0 aliphatic heterocycles. The Kier molecular flexibility index (Phi) is 4.07. The molecular weight excluding hydrogens is 434 g/mol. The van der Waals surface area contributed by atoms with Crippen molar-refractivity contribution in [2.45, 2.75) is 0 Å². The lowest BCUT2D eigenvalue weighted by Crippen LogP contribution is -2.06. The highest BCUT2D eigenvalue weighted by Gasteiger charge is 2.23. The van der Waals surface area contributed by atoms with Crippen LogP contribution in [0, 0.1) is 11.3 Å². The molecule has 7 aromatic rings. The summed E-state index contributed by atoms with van der Waals surface area (Å²) in [5, 5.41) is 24.1. The van der Waals surface area contributed by atoms with E-state index in [1.165, 1.54) is 0 Å². The van der Waals surface area contributed by atoms with E-state index in [0.717, 1.165) is 50.3 Å². The second-order valence-corrected chi connectivity index (χ2v) is 8.27. The van der Waals surface area contributed by atoms with Crippen LogP contribution in [0.1, 0.15) is 5.56 Å². The first-order valence-corrected chi connectivity index (χ1v) is 11.2. The van der Waals surface area contributed by atoms with Crippen molar-refractivity contribution < 1.29 is 0 Å². The summed E-state index contributed by atoms with van der Waals surface area (Å²) in [5.74, 6) is 0. The van der Waals surface area contributed by atoms with E-state index in [1.807, 2.05) is 86.6 Å². The zero-order valence-corrected chi connectivity index (χ0v) is 18.4. The molecule has 0 unspecified atom stereocenters. The molecule has 0 spiro atoms. The van der Waals surface area contributed by atoms with Crippen LogP contribution in [0.4, 0.5) is 0 Å². The summed E-state index contributed by atoms with van der Waals surface area (Å²) < 4.78 is 5.64. The number of benzene rings is 3. The number of hydrogen-bond acceptors (Lipinski definition) is 4. The van der Waals surface area contributed by atoms with Crippen molar-refractivity contribution >= 4 is 16.9 Å². The number of rotatable bonds is 3. The Labute approximate surface area is 199 Å². The molecule has 7 nitrogen and oxygen atoms in total. The second kappa shape index (κ2) is 7.40. The third-order valence-electron chi connectivity index (χ3n) is 6.34. The maximum atomic E-state index is 9.77. The van der Waals surface area contributed by atoms with Gasteiger partial charge in [-0.15, -0.1) is 0 Å². The van der Waals surface area contributed by atoms with Gasteiger partial charge in [-0.2, -0.15) is 34.1 Å². The summed E-state index contributed by atoms with van der Waals surface area (Å²) in [6.07, 6.45) is 5.54. The van der Waals surface area contributed by atoms with E-state index >= 15 is 0 Å². The number of aromatic nitrogens is 6. The maximum absolute atomic E-state index is 9.77. The summed E-state index contributed by atoms with van der Waals surface area (Å²) in [7, 11) is 0. The van der Waals surface area contributed by atoms with Gasteiger partial charge in [0.15, 0.2) is 16.9 Å². The van der Waals surface area contributed by atoms with Gasteiger partial charge in [-0.05, 0) is 17.2 Å². The van der Waals surface area contributed by atoms with Gasteiger partial charge in [0, 0.05) is 22.3 Å². The predicted octanol–water partition coefficient (Wildman–Crippen LogP) is 5.50. The number of fused-ring (bicyclic) bond motifs is 6. The molecule has 0 fully saturated rings. The average Bonchev–Trinajstić information content (AvgIpc) is 3.65. The minimum absolute atomic E-state index is 0.586. The Hall–Kier alpha value is -5.22. The van der Waals surface area contributed by atoms with E-state index in [9.17, 15) is 5.26 Å². The summed E-state index contributed by atoms with van der Waals surface area (Å²) in [6.45, 7) is 0. The molecule has 0 amide bonds. The molecule has 0 aliphatic rings. The van der Waals surface area contributed by atoms with Crippen molar-refractivity contribution in [3.63, 3.8) is 0 Å². The molecule has 0 bridgehead atoms. The van der Waals surface area contributed by atoms with Crippen LogP contribution in [0.5, 0.6) is 0 Å². The first-order valence-electron chi connectivity index (χ1n) is 11.2. The van der Waals surface area contributed by atoms with Gasteiger partial charge in [-0.25, -0.2) is 0 Å². The van der Waals surface area contributed by atoms with Gasteiger partial charge in [0.1, 0.15) is 0 Å². The van der Waals surface area contributed by atoms with Gasteiger partial charge in [-0.1, -0.05) is 78.9 Å². The van der Waals surface area contributed by atoms with Crippen LogP contribution >= 0.6 is 0 Å². The lowest BCUT2D eigenvalue weighted by atomic mass is 10.0. The normalized spacial score (nSPS) is 11.4. The highest BCUT2D eigenvalue weighted by molar-refractivity contribution is 5.90. The summed E-state index contributed by atoms with van der Waals surface area (Å²) in [4.78, 5) is 0. The minimum atomic E-state index is 0.586. The van der Waals surface area contributed by atoms with Crippen LogP contribution in [0.15, 0.2) is 104 Å². The zero-order chi connectivity index (χ0) is 23.4. The first kappa shape index (κ1) is 19.3. The first-order chi connectivity index (χ1) is 17.3. The molecule has 4 aromatic heterocycles. The van der Waals surface area contributed by atoms with E-state index in [-0.39, 0.29) is 0 Å². The van der Waals surface area contributed by atoms with Crippen molar-refractivity contribution in [3.8, 4) is 39.4 Å². The van der Waals surface area contributed by atoms with E-state index in [0.29, 0.717) is 5.56 Å². The van der Waals surface area contributed by atoms with Crippen molar-refractivity contribution in [3.05, 3.63) is 109 Å². The Morgan fingerprint density at radius 3 is 1.43 bits per heavy atom. The Balaban J connectivity index is 1.68. The van der Waals surface area contributed by atoms with Crippen molar-refractivity contribution in [2.75, 3.05) is 0 Å². The van der Waals surface area contributed by atoms with Crippen molar-refractivity contribution in [1.82, 2.24) is 28.8 Å². The van der Waals surface area contributed by atoms with Crippen molar-refractivity contribution in [2.24, 2.45) is 0 Å². The van der Waals surface area contributed by atoms with Crippen LogP contribution in [0.25, 0.3) is 50.3 Å². The third kappa shape index (κ3) is 2.74. The average molecular weight is 451 g/mol. The molecule has 7 heteroatoms. The number of nitriles is 1. The van der Waals surface area contributed by atoms with Crippen LogP contribution < -0.4 is 0 Å². The fraction of sp³-hybridized carbons (Fsp3) is 0. The quantitative estimate of drug-likeness (QED) is 0.355. The Morgan fingerprint density at radius 2 is 0.914 bits per heavy atom. The smallest absolute Gasteiger partial charge is 0.169 e. The summed E-state index contributed by atoms with van der Waals surface area (Å²) in [5.41, 5.74) is 8.67. The molecule has 35 heavy (non-hydrogen) atoms. The molecule has 0 aliphatic carbocycles. The van der Waals surface area contributed by atoms with E-state index in [4.69, 9.17) is 15.3 Å². The lowest BCUT2D eigenvalue weighted by molar-refractivity contribution is 0.829. The standard InChI is InChI=1S/C28H17N7/c29-15-21-13-7-8-14-22(21)25-18-32-35-27-23(19-9-3-1-4-10-19)16-30-33(27)26-24(17-31-34(26)28(25)35)20-11-5-2-6-12-20/h1-14,16-18H. The topological polar surface area (TPSA) is 75.7 Å². The molecule has 0 atom stereocenters. The Morgan fingerprint density at radius 1 is 0.486 bits per heavy atom. The Bertz CT molecular complexity index is 1830. The fourth-order valence-corrected chi connectivity index (χ4v) is 4.75. The van der Waals surface area contributed by atoms with Crippen LogP contribution in [0.2, 0.25) is 0 Å². The largest absolute Gasteiger partial charge is 0.195 e. The van der Waals surface area contributed by atoms with Gasteiger partial charge in [-0.3, -0.25) is 0 Å².